The molecule has 1 aromatic carbocycles. The van der Waals surface area contributed by atoms with Gasteiger partial charge in [-0.3, -0.25) is 4.68 Å². The Morgan fingerprint density at radius 1 is 1.22 bits per heavy atom. The van der Waals surface area contributed by atoms with E-state index in [2.05, 4.69) is 25.7 Å². The van der Waals surface area contributed by atoms with E-state index in [1.807, 2.05) is 19.3 Å². The number of benzene rings is 1. The van der Waals surface area contributed by atoms with E-state index in [9.17, 15) is 13.2 Å². The number of alkyl halides is 3. The molecule has 2 aromatic heterocycles. The van der Waals surface area contributed by atoms with E-state index in [0.717, 1.165) is 17.1 Å². The summed E-state index contributed by atoms with van der Waals surface area (Å²) < 4.78 is 40.1. The van der Waals surface area contributed by atoms with Gasteiger partial charge in [-0.1, -0.05) is 0 Å². The first kappa shape index (κ1) is 15.1. The van der Waals surface area contributed by atoms with Gasteiger partial charge in [-0.15, -0.1) is 0 Å². The summed E-state index contributed by atoms with van der Waals surface area (Å²) in [5.41, 5.74) is 0.488. The van der Waals surface area contributed by atoms with Gasteiger partial charge in [-0.25, -0.2) is 4.98 Å². The van der Waals surface area contributed by atoms with Crippen molar-refractivity contribution >= 4 is 28.4 Å². The zero-order valence-corrected chi connectivity index (χ0v) is 12.3. The molecule has 3 aromatic rings. The second-order valence-corrected chi connectivity index (χ2v) is 4.91. The van der Waals surface area contributed by atoms with Crippen LogP contribution in [0.5, 0.6) is 0 Å². The monoisotopic (exact) mass is 322 g/mol. The molecule has 0 bridgehead atoms. The standard InChI is InChI=1S/C14H13F3N6/c1-18-12-10(14(15,16)17)6-19-13(21-12)20-9-4-3-8-7-23(2)22-11(8)5-9/h3-7H,1-2H3,(H2,18,19,20,21). The van der Waals surface area contributed by atoms with Crippen molar-refractivity contribution in [1.29, 1.82) is 0 Å². The zero-order chi connectivity index (χ0) is 16.6. The van der Waals surface area contributed by atoms with E-state index in [0.29, 0.717) is 5.69 Å². The lowest BCUT2D eigenvalue weighted by Gasteiger charge is -2.12. The summed E-state index contributed by atoms with van der Waals surface area (Å²) in [4.78, 5) is 7.59. The van der Waals surface area contributed by atoms with Crippen molar-refractivity contribution in [2.24, 2.45) is 7.05 Å². The molecule has 0 aliphatic carbocycles. The van der Waals surface area contributed by atoms with Crippen LogP contribution in [-0.2, 0) is 13.2 Å². The van der Waals surface area contributed by atoms with Gasteiger partial charge in [0.1, 0.15) is 11.4 Å². The number of fused-ring (bicyclic) bond motifs is 1. The lowest BCUT2D eigenvalue weighted by atomic mass is 10.2. The molecule has 0 aliphatic rings. The molecular formula is C14H13F3N6. The number of rotatable bonds is 3. The van der Waals surface area contributed by atoms with Crippen molar-refractivity contribution in [2.75, 3.05) is 17.7 Å². The number of anilines is 3. The predicted octanol–water partition coefficient (Wildman–Crippen LogP) is 3.17. The second kappa shape index (κ2) is 5.41. The highest BCUT2D eigenvalue weighted by Gasteiger charge is 2.35. The molecule has 23 heavy (non-hydrogen) atoms. The maximum Gasteiger partial charge on any atom is 0.421 e. The number of hydrogen-bond donors (Lipinski definition) is 2. The van der Waals surface area contributed by atoms with Crippen LogP contribution in [0.25, 0.3) is 10.9 Å². The van der Waals surface area contributed by atoms with Gasteiger partial charge in [0.25, 0.3) is 0 Å². The molecule has 0 atom stereocenters. The van der Waals surface area contributed by atoms with Crippen LogP contribution in [0.3, 0.4) is 0 Å². The quantitative estimate of drug-likeness (QED) is 0.775. The zero-order valence-electron chi connectivity index (χ0n) is 12.3. The minimum atomic E-state index is -4.51. The Hall–Kier alpha value is -2.84. The van der Waals surface area contributed by atoms with Gasteiger partial charge in [0.15, 0.2) is 0 Å². The van der Waals surface area contributed by atoms with Gasteiger partial charge >= 0.3 is 6.18 Å². The number of hydrogen-bond acceptors (Lipinski definition) is 5. The topological polar surface area (TPSA) is 67.7 Å². The van der Waals surface area contributed by atoms with Crippen molar-refractivity contribution in [2.45, 2.75) is 6.18 Å². The first-order valence-corrected chi connectivity index (χ1v) is 6.69. The van der Waals surface area contributed by atoms with E-state index in [1.54, 1.807) is 16.8 Å². The predicted molar refractivity (Wildman–Crippen MR) is 80.6 cm³/mol. The highest BCUT2D eigenvalue weighted by molar-refractivity contribution is 5.82. The van der Waals surface area contributed by atoms with E-state index >= 15 is 0 Å². The summed E-state index contributed by atoms with van der Waals surface area (Å²) in [5, 5.41) is 10.5. The molecule has 0 unspecified atom stereocenters. The van der Waals surface area contributed by atoms with Crippen LogP contribution in [0.1, 0.15) is 5.56 Å². The largest absolute Gasteiger partial charge is 0.421 e. The summed E-state index contributed by atoms with van der Waals surface area (Å²) in [6.07, 6.45) is -1.89. The average Bonchev–Trinajstić information content (AvgIpc) is 2.85. The van der Waals surface area contributed by atoms with Crippen molar-refractivity contribution in [3.8, 4) is 0 Å². The summed E-state index contributed by atoms with van der Waals surface area (Å²) in [7, 11) is 3.19. The summed E-state index contributed by atoms with van der Waals surface area (Å²) >= 11 is 0. The van der Waals surface area contributed by atoms with Crippen LogP contribution < -0.4 is 10.6 Å². The minimum Gasteiger partial charge on any atom is -0.372 e. The molecule has 2 heterocycles. The second-order valence-electron chi connectivity index (χ2n) is 4.91. The number of aryl methyl sites for hydroxylation is 1. The summed E-state index contributed by atoms with van der Waals surface area (Å²) in [5.74, 6) is -0.216. The van der Waals surface area contributed by atoms with Crippen molar-refractivity contribution in [1.82, 2.24) is 19.7 Å². The third-order valence-corrected chi connectivity index (χ3v) is 3.21. The van der Waals surface area contributed by atoms with Crippen LogP contribution in [0.4, 0.5) is 30.6 Å². The van der Waals surface area contributed by atoms with Crippen molar-refractivity contribution in [3.05, 3.63) is 36.2 Å². The third-order valence-electron chi connectivity index (χ3n) is 3.21. The van der Waals surface area contributed by atoms with Gasteiger partial charge in [-0.05, 0) is 18.2 Å². The Labute approximate surface area is 129 Å². The van der Waals surface area contributed by atoms with Gasteiger partial charge in [0, 0.05) is 37.6 Å². The summed E-state index contributed by atoms with van der Waals surface area (Å²) in [6, 6.07) is 5.41. The van der Waals surface area contributed by atoms with E-state index in [1.165, 1.54) is 7.05 Å². The molecular weight excluding hydrogens is 309 g/mol. The number of nitrogens with one attached hydrogen (secondary N) is 2. The van der Waals surface area contributed by atoms with Crippen LogP contribution in [-0.4, -0.2) is 26.8 Å². The fraction of sp³-hybridized carbons (Fsp3) is 0.214. The molecule has 3 rings (SSSR count). The average molecular weight is 322 g/mol. The van der Waals surface area contributed by atoms with Gasteiger partial charge in [0.2, 0.25) is 5.95 Å². The highest BCUT2D eigenvalue weighted by atomic mass is 19.4. The van der Waals surface area contributed by atoms with Crippen LogP contribution in [0.15, 0.2) is 30.6 Å². The van der Waals surface area contributed by atoms with Crippen LogP contribution in [0, 0.1) is 0 Å². The lowest BCUT2D eigenvalue weighted by molar-refractivity contribution is -0.137. The first-order chi connectivity index (χ1) is 10.9. The molecule has 0 saturated heterocycles. The Morgan fingerprint density at radius 2 is 2.00 bits per heavy atom. The van der Waals surface area contributed by atoms with E-state index in [4.69, 9.17) is 0 Å². The number of aromatic nitrogens is 4. The molecule has 2 N–H and O–H groups in total. The third kappa shape index (κ3) is 3.03. The first-order valence-electron chi connectivity index (χ1n) is 6.69. The molecule has 0 saturated carbocycles. The Morgan fingerprint density at radius 3 is 2.70 bits per heavy atom. The number of nitrogens with zero attached hydrogens (tertiary/aromatic N) is 4. The Kier molecular flexibility index (Phi) is 3.55. The minimum absolute atomic E-state index is 0.0673. The fourth-order valence-corrected chi connectivity index (χ4v) is 2.19. The van der Waals surface area contributed by atoms with Crippen molar-refractivity contribution < 1.29 is 13.2 Å². The van der Waals surface area contributed by atoms with E-state index in [-0.39, 0.29) is 11.8 Å². The molecule has 120 valence electrons. The molecule has 0 amide bonds. The molecule has 9 heteroatoms. The normalized spacial score (nSPS) is 11.7. The van der Waals surface area contributed by atoms with Crippen molar-refractivity contribution in [3.63, 3.8) is 0 Å². The van der Waals surface area contributed by atoms with Gasteiger partial charge in [0.05, 0.1) is 5.52 Å². The number of halogens is 3. The molecule has 0 spiro atoms. The van der Waals surface area contributed by atoms with Crippen LogP contribution >= 0.6 is 0 Å². The SMILES string of the molecule is CNc1nc(Nc2ccc3cn(C)nc3c2)ncc1C(F)(F)F. The lowest BCUT2D eigenvalue weighted by Crippen LogP contribution is -2.12. The summed E-state index contributed by atoms with van der Waals surface area (Å²) in [6.45, 7) is 0. The smallest absolute Gasteiger partial charge is 0.372 e. The van der Waals surface area contributed by atoms with Gasteiger partial charge in [-0.2, -0.15) is 23.3 Å². The fourth-order valence-electron chi connectivity index (χ4n) is 2.19. The highest BCUT2D eigenvalue weighted by Crippen LogP contribution is 2.33. The Bertz CT molecular complexity index is 855. The van der Waals surface area contributed by atoms with E-state index < -0.39 is 11.7 Å². The molecule has 6 nitrogen and oxygen atoms in total. The van der Waals surface area contributed by atoms with Crippen LogP contribution in [0.2, 0.25) is 0 Å². The Balaban J connectivity index is 1.92. The molecule has 0 fully saturated rings. The maximum absolute atomic E-state index is 12.8. The molecule has 0 radical (unpaired) electrons. The molecule has 0 aliphatic heterocycles. The maximum atomic E-state index is 12.8. The van der Waals surface area contributed by atoms with Gasteiger partial charge < -0.3 is 10.6 Å².